The van der Waals surface area contributed by atoms with Crippen LogP contribution >= 0.6 is 0 Å². The normalized spacial score (nSPS) is 28.5. The summed E-state index contributed by atoms with van der Waals surface area (Å²) in [6, 6.07) is 0. The van der Waals surface area contributed by atoms with Crippen molar-refractivity contribution in [3.63, 3.8) is 0 Å². The minimum Gasteiger partial charge on any atom is -0.390 e. The molecule has 0 saturated carbocycles. The molecule has 1 N–H and O–H groups in total. The molecule has 12 heavy (non-hydrogen) atoms. The van der Waals surface area contributed by atoms with Crippen LogP contribution in [0.5, 0.6) is 0 Å². The van der Waals surface area contributed by atoms with Gasteiger partial charge in [0.25, 0.3) is 0 Å². The molecule has 3 nitrogen and oxygen atoms in total. The molecule has 0 amide bonds. The van der Waals surface area contributed by atoms with E-state index in [1.807, 2.05) is 13.8 Å². The molecule has 1 aliphatic heterocycles. The van der Waals surface area contributed by atoms with Crippen molar-refractivity contribution in [1.29, 1.82) is 0 Å². The average molecular weight is 173 g/mol. The molecule has 0 aromatic rings. The first kappa shape index (κ1) is 9.96. The predicted molar refractivity (Wildman–Crippen MR) is 48.1 cm³/mol. The van der Waals surface area contributed by atoms with Crippen LogP contribution in [0.1, 0.15) is 13.8 Å². The molecule has 0 spiro atoms. The molecule has 3 heteroatoms. The zero-order valence-electron chi connectivity index (χ0n) is 8.21. The number of rotatable bonds is 1. The summed E-state index contributed by atoms with van der Waals surface area (Å²) in [5.41, 5.74) is -0.626. The fourth-order valence-electron chi connectivity index (χ4n) is 1.39. The number of hydrogen-bond donors (Lipinski definition) is 1. The summed E-state index contributed by atoms with van der Waals surface area (Å²) in [4.78, 5) is 2.20. The summed E-state index contributed by atoms with van der Waals surface area (Å²) in [7, 11) is 2.06. The van der Waals surface area contributed by atoms with Crippen LogP contribution in [0.4, 0.5) is 0 Å². The lowest BCUT2D eigenvalue weighted by Gasteiger charge is -2.29. The van der Waals surface area contributed by atoms with Gasteiger partial charge in [-0.3, -0.25) is 0 Å². The summed E-state index contributed by atoms with van der Waals surface area (Å²) in [6.07, 6.45) is 0. The van der Waals surface area contributed by atoms with Crippen LogP contribution in [0.3, 0.4) is 0 Å². The Labute approximate surface area is 74.3 Å². The zero-order chi connectivity index (χ0) is 9.19. The van der Waals surface area contributed by atoms with E-state index in [1.54, 1.807) is 0 Å². The van der Waals surface area contributed by atoms with E-state index in [0.717, 1.165) is 19.7 Å². The quantitative estimate of drug-likeness (QED) is 0.620. The van der Waals surface area contributed by atoms with Crippen molar-refractivity contribution in [2.45, 2.75) is 19.4 Å². The van der Waals surface area contributed by atoms with Gasteiger partial charge in [0, 0.05) is 19.0 Å². The van der Waals surface area contributed by atoms with E-state index in [0.29, 0.717) is 6.61 Å². The lowest BCUT2D eigenvalue weighted by molar-refractivity contribution is -0.0207. The SMILES string of the molecule is CN1CCOCC(C(C)(C)O)C1. The molecule has 1 saturated heterocycles. The lowest BCUT2D eigenvalue weighted by atomic mass is 9.91. The molecule has 0 aliphatic carbocycles. The summed E-state index contributed by atoms with van der Waals surface area (Å²) in [6.45, 7) is 7.04. The maximum absolute atomic E-state index is 9.78. The summed E-state index contributed by atoms with van der Waals surface area (Å²) in [5, 5.41) is 9.78. The topological polar surface area (TPSA) is 32.7 Å². The van der Waals surface area contributed by atoms with Crippen molar-refractivity contribution in [3.05, 3.63) is 0 Å². The molecular weight excluding hydrogens is 154 g/mol. The molecule has 1 fully saturated rings. The Morgan fingerprint density at radius 1 is 1.50 bits per heavy atom. The number of likely N-dealkylation sites (N-methyl/N-ethyl adjacent to an activating group) is 1. The third kappa shape index (κ3) is 2.73. The van der Waals surface area contributed by atoms with Crippen molar-refractivity contribution in [3.8, 4) is 0 Å². The van der Waals surface area contributed by atoms with E-state index in [9.17, 15) is 5.11 Å². The highest BCUT2D eigenvalue weighted by atomic mass is 16.5. The maximum atomic E-state index is 9.78. The van der Waals surface area contributed by atoms with Gasteiger partial charge in [0.15, 0.2) is 0 Å². The zero-order valence-corrected chi connectivity index (χ0v) is 8.21. The molecule has 1 atom stereocenters. The highest BCUT2D eigenvalue weighted by molar-refractivity contribution is 4.80. The molecule has 0 aromatic heterocycles. The van der Waals surface area contributed by atoms with E-state index >= 15 is 0 Å². The fourth-order valence-corrected chi connectivity index (χ4v) is 1.39. The highest BCUT2D eigenvalue weighted by Gasteiger charge is 2.29. The smallest absolute Gasteiger partial charge is 0.0654 e. The van der Waals surface area contributed by atoms with Gasteiger partial charge in [-0.2, -0.15) is 0 Å². The second kappa shape index (κ2) is 3.73. The second-order valence-electron chi connectivity index (χ2n) is 4.19. The predicted octanol–water partition coefficient (Wildman–Crippen LogP) is 0.335. The first-order chi connectivity index (χ1) is 5.50. The van der Waals surface area contributed by atoms with Gasteiger partial charge in [0.1, 0.15) is 0 Å². The summed E-state index contributed by atoms with van der Waals surface area (Å²) in [5.74, 6) is 0.227. The van der Waals surface area contributed by atoms with Crippen molar-refractivity contribution in [1.82, 2.24) is 4.90 Å². The number of nitrogens with zero attached hydrogens (tertiary/aromatic N) is 1. The van der Waals surface area contributed by atoms with Crippen LogP contribution < -0.4 is 0 Å². The van der Waals surface area contributed by atoms with Crippen LogP contribution in [0.15, 0.2) is 0 Å². The number of aliphatic hydroxyl groups is 1. The third-order valence-corrected chi connectivity index (χ3v) is 2.47. The van der Waals surface area contributed by atoms with Crippen LogP contribution in [0, 0.1) is 5.92 Å². The van der Waals surface area contributed by atoms with E-state index in [1.165, 1.54) is 0 Å². The van der Waals surface area contributed by atoms with Crippen LogP contribution in [0.2, 0.25) is 0 Å². The van der Waals surface area contributed by atoms with Gasteiger partial charge in [-0.05, 0) is 20.9 Å². The number of ether oxygens (including phenoxy) is 1. The molecule has 1 aliphatic rings. The third-order valence-electron chi connectivity index (χ3n) is 2.47. The molecule has 0 bridgehead atoms. The van der Waals surface area contributed by atoms with Crippen LogP contribution in [-0.2, 0) is 4.74 Å². The first-order valence-electron chi connectivity index (χ1n) is 4.49. The van der Waals surface area contributed by atoms with E-state index in [-0.39, 0.29) is 5.92 Å². The molecule has 1 unspecified atom stereocenters. The maximum Gasteiger partial charge on any atom is 0.0654 e. The Morgan fingerprint density at radius 2 is 2.17 bits per heavy atom. The van der Waals surface area contributed by atoms with Crippen molar-refractivity contribution >= 4 is 0 Å². The summed E-state index contributed by atoms with van der Waals surface area (Å²) >= 11 is 0. The monoisotopic (exact) mass is 173 g/mol. The number of hydrogen-bond acceptors (Lipinski definition) is 3. The molecular formula is C9H19NO2. The van der Waals surface area contributed by atoms with Gasteiger partial charge in [-0.15, -0.1) is 0 Å². The van der Waals surface area contributed by atoms with E-state index in [4.69, 9.17) is 4.74 Å². The van der Waals surface area contributed by atoms with Crippen molar-refractivity contribution in [2.24, 2.45) is 5.92 Å². The minimum atomic E-state index is -0.626. The minimum absolute atomic E-state index is 0.227. The van der Waals surface area contributed by atoms with Crippen molar-refractivity contribution < 1.29 is 9.84 Å². The van der Waals surface area contributed by atoms with Gasteiger partial charge in [-0.1, -0.05) is 0 Å². The molecule has 0 radical (unpaired) electrons. The van der Waals surface area contributed by atoms with Gasteiger partial charge in [-0.25, -0.2) is 0 Å². The lowest BCUT2D eigenvalue weighted by Crippen LogP contribution is -2.39. The van der Waals surface area contributed by atoms with Gasteiger partial charge in [0.05, 0.1) is 18.8 Å². The van der Waals surface area contributed by atoms with Crippen molar-refractivity contribution in [2.75, 3.05) is 33.4 Å². The molecule has 0 aromatic carbocycles. The second-order valence-corrected chi connectivity index (χ2v) is 4.19. The Hall–Kier alpha value is -0.120. The Morgan fingerprint density at radius 3 is 2.75 bits per heavy atom. The largest absolute Gasteiger partial charge is 0.390 e. The average Bonchev–Trinajstić information content (AvgIpc) is 2.11. The molecule has 1 rings (SSSR count). The fraction of sp³-hybridized carbons (Fsp3) is 1.00. The Balaban J connectivity index is 2.52. The summed E-state index contributed by atoms with van der Waals surface area (Å²) < 4.78 is 5.40. The Kier molecular flexibility index (Phi) is 3.09. The highest BCUT2D eigenvalue weighted by Crippen LogP contribution is 2.19. The molecule has 1 heterocycles. The van der Waals surface area contributed by atoms with Crippen LogP contribution in [0.25, 0.3) is 0 Å². The molecule has 72 valence electrons. The van der Waals surface area contributed by atoms with Gasteiger partial charge in [0.2, 0.25) is 0 Å². The first-order valence-corrected chi connectivity index (χ1v) is 4.49. The van der Waals surface area contributed by atoms with E-state index < -0.39 is 5.60 Å². The van der Waals surface area contributed by atoms with Crippen LogP contribution in [-0.4, -0.2) is 49.0 Å². The van der Waals surface area contributed by atoms with Gasteiger partial charge < -0.3 is 14.7 Å². The standard InChI is InChI=1S/C9H19NO2/c1-9(2,11)8-6-10(3)4-5-12-7-8/h8,11H,4-7H2,1-3H3. The Bertz CT molecular complexity index is 142. The van der Waals surface area contributed by atoms with E-state index in [2.05, 4.69) is 11.9 Å². The van der Waals surface area contributed by atoms with Gasteiger partial charge >= 0.3 is 0 Å².